The smallest absolute Gasteiger partial charge is 0.235 e. The minimum atomic E-state index is -0.803. The van der Waals surface area contributed by atoms with Crippen LogP contribution in [-0.4, -0.2) is 10.9 Å². The molecule has 0 atom stereocenters. The van der Waals surface area contributed by atoms with Gasteiger partial charge in [0.2, 0.25) is 5.91 Å². The number of nitrogens with one attached hydrogen (secondary N) is 1. The lowest BCUT2D eigenvalue weighted by atomic mass is 9.77. The second kappa shape index (κ2) is 6.28. The van der Waals surface area contributed by atoms with Gasteiger partial charge in [-0.2, -0.15) is 0 Å². The van der Waals surface area contributed by atoms with Crippen molar-refractivity contribution in [2.75, 3.05) is 5.32 Å². The molecule has 25 heavy (non-hydrogen) atoms. The summed E-state index contributed by atoms with van der Waals surface area (Å²) in [5, 5.41) is 3.99. The van der Waals surface area contributed by atoms with Crippen molar-refractivity contribution in [1.29, 1.82) is 0 Å². The molecule has 0 saturated heterocycles. The predicted molar refractivity (Wildman–Crippen MR) is 96.9 cm³/mol. The van der Waals surface area contributed by atoms with Gasteiger partial charge in [0.05, 0.1) is 16.6 Å². The van der Waals surface area contributed by atoms with E-state index in [2.05, 4.69) is 10.3 Å². The van der Waals surface area contributed by atoms with Gasteiger partial charge in [-0.05, 0) is 31.0 Å². The van der Waals surface area contributed by atoms with E-state index in [-0.39, 0.29) is 11.7 Å². The van der Waals surface area contributed by atoms with E-state index in [0.29, 0.717) is 24.1 Å². The summed E-state index contributed by atoms with van der Waals surface area (Å²) in [6.45, 7) is 0. The number of aromatic nitrogens is 1. The van der Waals surface area contributed by atoms with Gasteiger partial charge < -0.3 is 5.32 Å². The molecule has 1 aliphatic carbocycles. The van der Waals surface area contributed by atoms with Crippen LogP contribution in [0.5, 0.6) is 0 Å². The summed E-state index contributed by atoms with van der Waals surface area (Å²) in [7, 11) is 0. The highest BCUT2D eigenvalue weighted by Gasteiger charge is 2.44. The number of amides is 1. The first-order valence-electron chi connectivity index (χ1n) is 8.61. The Morgan fingerprint density at radius 1 is 1.00 bits per heavy atom. The van der Waals surface area contributed by atoms with Crippen LogP contribution >= 0.6 is 0 Å². The number of halogens is 1. The predicted octanol–water partition coefficient (Wildman–Crippen LogP) is 4.82. The molecule has 3 nitrogen and oxygen atoms in total. The molecule has 1 amide bonds. The summed E-state index contributed by atoms with van der Waals surface area (Å²) in [5.41, 5.74) is 1.12. The van der Waals surface area contributed by atoms with Gasteiger partial charge in [0.1, 0.15) is 5.82 Å². The van der Waals surface area contributed by atoms with Crippen molar-refractivity contribution in [2.24, 2.45) is 0 Å². The largest absolute Gasteiger partial charge is 0.323 e. The van der Waals surface area contributed by atoms with Crippen molar-refractivity contribution >= 4 is 22.5 Å². The first-order chi connectivity index (χ1) is 12.2. The molecule has 2 aromatic carbocycles. The molecule has 1 N–H and O–H groups in total. The third kappa shape index (κ3) is 2.68. The van der Waals surface area contributed by atoms with Gasteiger partial charge in [-0.15, -0.1) is 0 Å². The molecule has 1 aliphatic rings. The molecule has 4 heteroatoms. The number of para-hydroxylation sites is 1. The van der Waals surface area contributed by atoms with Crippen LogP contribution in [0.15, 0.2) is 60.8 Å². The van der Waals surface area contributed by atoms with Gasteiger partial charge >= 0.3 is 0 Å². The van der Waals surface area contributed by atoms with E-state index in [4.69, 9.17) is 0 Å². The van der Waals surface area contributed by atoms with Crippen molar-refractivity contribution in [2.45, 2.75) is 31.1 Å². The summed E-state index contributed by atoms with van der Waals surface area (Å²) >= 11 is 0. The van der Waals surface area contributed by atoms with E-state index < -0.39 is 5.41 Å². The van der Waals surface area contributed by atoms with Crippen molar-refractivity contribution < 1.29 is 9.18 Å². The molecule has 3 aromatic rings. The number of anilines is 1. The van der Waals surface area contributed by atoms with E-state index in [1.54, 1.807) is 24.4 Å². The summed E-state index contributed by atoms with van der Waals surface area (Å²) in [6, 6.07) is 16.1. The number of hydrogen-bond acceptors (Lipinski definition) is 2. The van der Waals surface area contributed by atoms with Crippen LogP contribution in [0.1, 0.15) is 31.2 Å². The first-order valence-corrected chi connectivity index (χ1v) is 8.61. The Morgan fingerprint density at radius 2 is 1.76 bits per heavy atom. The molecule has 0 spiro atoms. The SMILES string of the molecule is O=C(Nc1cccc2cccnc12)C1(c2ccccc2F)CCCC1. The molecule has 1 saturated carbocycles. The minimum absolute atomic E-state index is 0.145. The van der Waals surface area contributed by atoms with Crippen LogP contribution in [-0.2, 0) is 10.2 Å². The number of rotatable bonds is 3. The highest BCUT2D eigenvalue weighted by molar-refractivity contribution is 6.04. The van der Waals surface area contributed by atoms with Crippen LogP contribution in [0.2, 0.25) is 0 Å². The molecule has 0 unspecified atom stereocenters. The Kier molecular flexibility index (Phi) is 3.96. The summed E-state index contributed by atoms with van der Waals surface area (Å²) < 4.78 is 14.4. The Bertz CT molecular complexity index is 927. The summed E-state index contributed by atoms with van der Waals surface area (Å²) in [4.78, 5) is 17.6. The number of pyridine rings is 1. The van der Waals surface area contributed by atoms with Gasteiger partial charge in [0.25, 0.3) is 0 Å². The van der Waals surface area contributed by atoms with Gasteiger partial charge in [-0.1, -0.05) is 49.2 Å². The van der Waals surface area contributed by atoms with Crippen molar-refractivity contribution in [1.82, 2.24) is 4.98 Å². The number of carbonyl (C=O) groups is 1. The molecule has 0 aliphatic heterocycles. The number of carbonyl (C=O) groups excluding carboxylic acids is 1. The molecular weight excluding hydrogens is 315 g/mol. The highest BCUT2D eigenvalue weighted by atomic mass is 19.1. The van der Waals surface area contributed by atoms with Crippen LogP contribution < -0.4 is 5.32 Å². The second-order valence-electron chi connectivity index (χ2n) is 6.60. The lowest BCUT2D eigenvalue weighted by Gasteiger charge is -2.28. The Balaban J connectivity index is 1.74. The van der Waals surface area contributed by atoms with E-state index in [1.165, 1.54) is 6.07 Å². The molecular formula is C21H19FN2O. The topological polar surface area (TPSA) is 42.0 Å². The number of benzene rings is 2. The van der Waals surface area contributed by atoms with Gasteiger partial charge in [-0.25, -0.2) is 4.39 Å². The van der Waals surface area contributed by atoms with Crippen molar-refractivity contribution in [3.63, 3.8) is 0 Å². The molecule has 1 aromatic heterocycles. The Hall–Kier alpha value is -2.75. The first kappa shape index (κ1) is 15.8. The monoisotopic (exact) mass is 334 g/mol. The highest BCUT2D eigenvalue weighted by Crippen LogP contribution is 2.43. The number of nitrogens with zero attached hydrogens (tertiary/aromatic N) is 1. The normalized spacial score (nSPS) is 16.0. The van der Waals surface area contributed by atoms with Crippen LogP contribution in [0.4, 0.5) is 10.1 Å². The van der Waals surface area contributed by atoms with Crippen molar-refractivity contribution in [3.8, 4) is 0 Å². The molecule has 0 bridgehead atoms. The maximum Gasteiger partial charge on any atom is 0.235 e. The third-order valence-corrected chi connectivity index (χ3v) is 5.16. The van der Waals surface area contributed by atoms with E-state index in [1.807, 2.05) is 30.3 Å². The average molecular weight is 334 g/mol. The van der Waals surface area contributed by atoms with Crippen LogP contribution in [0, 0.1) is 5.82 Å². The molecule has 0 radical (unpaired) electrons. The molecule has 1 heterocycles. The van der Waals surface area contributed by atoms with Crippen LogP contribution in [0.3, 0.4) is 0 Å². The third-order valence-electron chi connectivity index (χ3n) is 5.16. The fourth-order valence-corrected chi connectivity index (χ4v) is 3.89. The lowest BCUT2D eigenvalue weighted by Crippen LogP contribution is -2.38. The Labute approximate surface area is 145 Å². The number of hydrogen-bond donors (Lipinski definition) is 1. The van der Waals surface area contributed by atoms with Crippen molar-refractivity contribution in [3.05, 3.63) is 72.2 Å². The minimum Gasteiger partial charge on any atom is -0.323 e. The Morgan fingerprint density at radius 3 is 2.56 bits per heavy atom. The number of fused-ring (bicyclic) bond motifs is 1. The van der Waals surface area contributed by atoms with Crippen LogP contribution in [0.25, 0.3) is 10.9 Å². The standard InChI is InChI=1S/C21H19FN2O/c22-17-10-2-1-9-16(17)21(12-3-4-13-21)20(25)24-18-11-5-7-15-8-6-14-23-19(15)18/h1-2,5-11,14H,3-4,12-13H2,(H,24,25). The zero-order valence-corrected chi connectivity index (χ0v) is 13.8. The maximum absolute atomic E-state index is 14.4. The molecule has 126 valence electrons. The van der Waals surface area contributed by atoms with Gasteiger partial charge in [-0.3, -0.25) is 9.78 Å². The maximum atomic E-state index is 14.4. The zero-order chi connectivity index (χ0) is 17.3. The summed E-state index contributed by atoms with van der Waals surface area (Å²) in [5.74, 6) is -0.455. The molecule has 4 rings (SSSR count). The van der Waals surface area contributed by atoms with E-state index in [0.717, 1.165) is 23.7 Å². The lowest BCUT2D eigenvalue weighted by molar-refractivity contribution is -0.121. The van der Waals surface area contributed by atoms with Gasteiger partial charge in [0.15, 0.2) is 0 Å². The van der Waals surface area contributed by atoms with E-state index >= 15 is 0 Å². The zero-order valence-electron chi connectivity index (χ0n) is 13.8. The fourth-order valence-electron chi connectivity index (χ4n) is 3.89. The average Bonchev–Trinajstić information content (AvgIpc) is 3.13. The fraction of sp³-hybridized carbons (Fsp3) is 0.238. The summed E-state index contributed by atoms with van der Waals surface area (Å²) in [6.07, 6.45) is 4.89. The second-order valence-corrected chi connectivity index (χ2v) is 6.60. The van der Waals surface area contributed by atoms with Gasteiger partial charge in [0, 0.05) is 17.1 Å². The van der Waals surface area contributed by atoms with E-state index in [9.17, 15) is 9.18 Å². The quantitative estimate of drug-likeness (QED) is 0.746. The molecule has 1 fully saturated rings.